The van der Waals surface area contributed by atoms with Crippen LogP contribution in [0.5, 0.6) is 0 Å². The van der Waals surface area contributed by atoms with Crippen LogP contribution in [0.4, 0.5) is 11.6 Å². The zero-order chi connectivity index (χ0) is 13.0. The van der Waals surface area contributed by atoms with Crippen molar-refractivity contribution < 1.29 is 5.11 Å². The maximum Gasteiger partial charge on any atom is 0.148 e. The number of nitrogen functional groups attached to an aromatic ring is 1. The summed E-state index contributed by atoms with van der Waals surface area (Å²) in [7, 11) is 0. The van der Waals surface area contributed by atoms with Crippen molar-refractivity contribution in [2.75, 3.05) is 17.3 Å². The van der Waals surface area contributed by atoms with Gasteiger partial charge in [-0.05, 0) is 19.8 Å². The van der Waals surface area contributed by atoms with E-state index < -0.39 is 0 Å². The molecular weight excluding hydrogens is 218 g/mol. The Hall–Kier alpha value is -1.40. The van der Waals surface area contributed by atoms with E-state index in [1.54, 1.807) is 6.92 Å². The summed E-state index contributed by atoms with van der Waals surface area (Å²) in [4.78, 5) is 8.50. The van der Waals surface area contributed by atoms with E-state index in [1.165, 1.54) is 0 Å². The minimum Gasteiger partial charge on any atom is -0.394 e. The smallest absolute Gasteiger partial charge is 0.148 e. The van der Waals surface area contributed by atoms with Gasteiger partial charge >= 0.3 is 0 Å². The van der Waals surface area contributed by atoms with Crippen LogP contribution in [0, 0.1) is 19.8 Å². The summed E-state index contributed by atoms with van der Waals surface area (Å²) < 4.78 is 0. The minimum absolute atomic E-state index is 0.0337. The molecule has 0 unspecified atom stereocenters. The molecule has 1 rings (SSSR count). The van der Waals surface area contributed by atoms with Gasteiger partial charge in [0, 0.05) is 5.56 Å². The van der Waals surface area contributed by atoms with E-state index in [9.17, 15) is 5.11 Å². The first-order valence-electron chi connectivity index (χ1n) is 5.68. The maximum absolute atomic E-state index is 9.30. The predicted molar refractivity (Wildman–Crippen MR) is 68.7 cm³/mol. The molecule has 1 aromatic heterocycles. The second-order valence-corrected chi connectivity index (χ2v) is 4.41. The van der Waals surface area contributed by atoms with E-state index in [0.29, 0.717) is 23.4 Å². The summed E-state index contributed by atoms with van der Waals surface area (Å²) in [5, 5.41) is 12.5. The van der Waals surface area contributed by atoms with Crippen molar-refractivity contribution in [3.8, 4) is 0 Å². The van der Waals surface area contributed by atoms with Crippen molar-refractivity contribution >= 4 is 11.6 Å². The van der Waals surface area contributed by atoms with Crippen LogP contribution < -0.4 is 16.6 Å². The van der Waals surface area contributed by atoms with Crippen LogP contribution in [0.2, 0.25) is 0 Å². The van der Waals surface area contributed by atoms with Gasteiger partial charge in [-0.2, -0.15) is 0 Å². The molecule has 0 aliphatic carbocycles. The number of aliphatic hydroxyl groups is 1. The molecule has 0 bridgehead atoms. The second kappa shape index (κ2) is 5.79. The Kier molecular flexibility index (Phi) is 4.65. The summed E-state index contributed by atoms with van der Waals surface area (Å²) in [5.74, 6) is 7.64. The molecule has 96 valence electrons. The molecule has 0 aliphatic rings. The molecule has 0 saturated carbocycles. The fraction of sp³-hybridized carbons (Fsp3) is 0.636. The molecule has 0 amide bonds. The number of hydrogen-bond acceptors (Lipinski definition) is 6. The standard InChI is InChI=1S/C11H21N5O/c1-6(2)9(5-17)15-10-7(3)11(16-12)14-8(4)13-10/h6,9,17H,5,12H2,1-4H3,(H2,13,14,15,16)/t9-/m1/s1. The minimum atomic E-state index is -0.0337. The van der Waals surface area contributed by atoms with Crippen molar-refractivity contribution in [2.45, 2.75) is 33.7 Å². The molecule has 1 heterocycles. The highest BCUT2D eigenvalue weighted by Crippen LogP contribution is 2.20. The lowest BCUT2D eigenvalue weighted by molar-refractivity contribution is 0.249. The lowest BCUT2D eigenvalue weighted by atomic mass is 10.1. The monoisotopic (exact) mass is 239 g/mol. The number of nitrogens with two attached hydrogens (primary N) is 1. The second-order valence-electron chi connectivity index (χ2n) is 4.41. The molecule has 0 aromatic carbocycles. The van der Waals surface area contributed by atoms with Gasteiger partial charge in [-0.15, -0.1) is 0 Å². The number of anilines is 2. The van der Waals surface area contributed by atoms with Gasteiger partial charge in [-0.3, -0.25) is 0 Å². The molecule has 6 heteroatoms. The highest BCUT2D eigenvalue weighted by Gasteiger charge is 2.15. The van der Waals surface area contributed by atoms with Crippen LogP contribution >= 0.6 is 0 Å². The molecule has 5 N–H and O–H groups in total. The van der Waals surface area contributed by atoms with Crippen molar-refractivity contribution in [1.29, 1.82) is 0 Å². The first-order chi connectivity index (χ1) is 7.99. The number of aliphatic hydroxyl groups excluding tert-OH is 1. The average molecular weight is 239 g/mol. The number of hydrogen-bond donors (Lipinski definition) is 4. The molecular formula is C11H21N5O. The Labute approximate surface area is 102 Å². The Morgan fingerprint density at radius 3 is 2.29 bits per heavy atom. The van der Waals surface area contributed by atoms with E-state index in [-0.39, 0.29) is 12.6 Å². The van der Waals surface area contributed by atoms with Gasteiger partial charge in [0.25, 0.3) is 0 Å². The third kappa shape index (κ3) is 3.28. The molecule has 6 nitrogen and oxygen atoms in total. The summed E-state index contributed by atoms with van der Waals surface area (Å²) in [6, 6.07) is -0.0337. The molecule has 1 aromatic rings. The lowest BCUT2D eigenvalue weighted by Crippen LogP contribution is -2.30. The van der Waals surface area contributed by atoms with Crippen LogP contribution in [0.3, 0.4) is 0 Å². The van der Waals surface area contributed by atoms with E-state index >= 15 is 0 Å². The molecule has 0 aliphatic heterocycles. The van der Waals surface area contributed by atoms with Crippen molar-refractivity contribution in [2.24, 2.45) is 11.8 Å². The number of aromatic nitrogens is 2. The van der Waals surface area contributed by atoms with E-state index in [1.807, 2.05) is 20.8 Å². The van der Waals surface area contributed by atoms with Crippen LogP contribution in [-0.4, -0.2) is 27.7 Å². The van der Waals surface area contributed by atoms with E-state index in [4.69, 9.17) is 5.84 Å². The maximum atomic E-state index is 9.30. The highest BCUT2D eigenvalue weighted by atomic mass is 16.3. The normalized spacial score (nSPS) is 12.6. The number of rotatable bonds is 5. The van der Waals surface area contributed by atoms with Gasteiger partial charge in [0.15, 0.2) is 0 Å². The number of nitrogens with zero attached hydrogens (tertiary/aromatic N) is 2. The van der Waals surface area contributed by atoms with Crippen LogP contribution in [-0.2, 0) is 0 Å². The topological polar surface area (TPSA) is 96.1 Å². The summed E-state index contributed by atoms with van der Waals surface area (Å²) in [6.07, 6.45) is 0. The fourth-order valence-corrected chi connectivity index (χ4v) is 1.51. The average Bonchev–Trinajstić information content (AvgIpc) is 2.29. The first-order valence-corrected chi connectivity index (χ1v) is 5.68. The van der Waals surface area contributed by atoms with E-state index in [0.717, 1.165) is 5.56 Å². The SMILES string of the molecule is Cc1nc(NN)c(C)c(N[C@H](CO)C(C)C)n1. The van der Waals surface area contributed by atoms with Crippen molar-refractivity contribution in [3.63, 3.8) is 0 Å². The Bertz CT molecular complexity index is 380. The quantitative estimate of drug-likeness (QED) is 0.448. The molecule has 0 spiro atoms. The Morgan fingerprint density at radius 2 is 1.82 bits per heavy atom. The Morgan fingerprint density at radius 1 is 1.24 bits per heavy atom. The van der Waals surface area contributed by atoms with Crippen LogP contribution in [0.25, 0.3) is 0 Å². The van der Waals surface area contributed by atoms with Gasteiger partial charge in [-0.1, -0.05) is 13.8 Å². The third-order valence-corrected chi connectivity index (χ3v) is 2.72. The molecule has 0 radical (unpaired) electrons. The van der Waals surface area contributed by atoms with Gasteiger partial charge < -0.3 is 15.8 Å². The highest BCUT2D eigenvalue weighted by molar-refractivity contribution is 5.57. The number of nitrogens with one attached hydrogen (secondary N) is 2. The van der Waals surface area contributed by atoms with Crippen LogP contribution in [0.15, 0.2) is 0 Å². The number of hydrazine groups is 1. The van der Waals surface area contributed by atoms with Crippen LogP contribution in [0.1, 0.15) is 25.2 Å². The van der Waals surface area contributed by atoms with Crippen molar-refractivity contribution in [3.05, 3.63) is 11.4 Å². The van der Waals surface area contributed by atoms with Gasteiger partial charge in [0.05, 0.1) is 12.6 Å². The largest absolute Gasteiger partial charge is 0.394 e. The number of aryl methyl sites for hydroxylation is 1. The molecule has 0 saturated heterocycles. The summed E-state index contributed by atoms with van der Waals surface area (Å²) in [6.45, 7) is 7.82. The molecule has 1 atom stereocenters. The van der Waals surface area contributed by atoms with Gasteiger partial charge in [0.2, 0.25) is 0 Å². The molecule has 0 fully saturated rings. The predicted octanol–water partition coefficient (Wildman–Crippen LogP) is 0.808. The third-order valence-electron chi connectivity index (χ3n) is 2.72. The Balaban J connectivity index is 3.01. The molecule has 17 heavy (non-hydrogen) atoms. The summed E-state index contributed by atoms with van der Waals surface area (Å²) in [5.41, 5.74) is 3.39. The van der Waals surface area contributed by atoms with Gasteiger partial charge in [-0.25, -0.2) is 15.8 Å². The lowest BCUT2D eigenvalue weighted by Gasteiger charge is -2.22. The zero-order valence-corrected chi connectivity index (χ0v) is 10.8. The summed E-state index contributed by atoms with van der Waals surface area (Å²) >= 11 is 0. The zero-order valence-electron chi connectivity index (χ0n) is 10.8. The van der Waals surface area contributed by atoms with Gasteiger partial charge in [0.1, 0.15) is 17.5 Å². The first kappa shape index (κ1) is 13.7. The fourth-order valence-electron chi connectivity index (χ4n) is 1.51. The van der Waals surface area contributed by atoms with E-state index in [2.05, 4.69) is 20.7 Å². The van der Waals surface area contributed by atoms with Crippen molar-refractivity contribution in [1.82, 2.24) is 9.97 Å².